The van der Waals surface area contributed by atoms with Crippen LogP contribution in [-0.2, 0) is 6.61 Å². The van der Waals surface area contributed by atoms with Gasteiger partial charge >= 0.3 is 0 Å². The van der Waals surface area contributed by atoms with Crippen molar-refractivity contribution >= 4 is 5.82 Å². The zero-order chi connectivity index (χ0) is 13.7. The van der Waals surface area contributed by atoms with E-state index in [0.29, 0.717) is 29.5 Å². The lowest BCUT2D eigenvalue weighted by atomic mass is 10.1. The summed E-state index contributed by atoms with van der Waals surface area (Å²) in [5.74, 6) is 1.42. The summed E-state index contributed by atoms with van der Waals surface area (Å²) in [7, 11) is 1.53. The number of nitriles is 1. The van der Waals surface area contributed by atoms with Crippen molar-refractivity contribution in [1.82, 2.24) is 4.98 Å². The van der Waals surface area contributed by atoms with Crippen LogP contribution in [0, 0.1) is 11.3 Å². The van der Waals surface area contributed by atoms with Gasteiger partial charge in [0.1, 0.15) is 18.4 Å². The minimum atomic E-state index is 0.314. The molecule has 0 atom stereocenters. The van der Waals surface area contributed by atoms with Crippen LogP contribution in [0.3, 0.4) is 0 Å². The molecule has 2 aromatic rings. The van der Waals surface area contributed by atoms with E-state index in [4.69, 9.17) is 20.5 Å². The fourth-order valence-corrected chi connectivity index (χ4v) is 1.62. The Labute approximate surface area is 111 Å². The third-order valence-electron chi connectivity index (χ3n) is 2.58. The molecule has 0 bridgehead atoms. The normalized spacial score (nSPS) is 9.68. The van der Waals surface area contributed by atoms with Gasteiger partial charge in [-0.1, -0.05) is 6.07 Å². The van der Waals surface area contributed by atoms with Gasteiger partial charge in [-0.2, -0.15) is 5.26 Å². The van der Waals surface area contributed by atoms with Crippen LogP contribution in [0.15, 0.2) is 36.5 Å². The summed E-state index contributed by atoms with van der Waals surface area (Å²) in [5.41, 5.74) is 7.01. The first-order valence-electron chi connectivity index (χ1n) is 5.65. The zero-order valence-electron chi connectivity index (χ0n) is 10.5. The number of nitrogens with zero attached hydrogens (tertiary/aromatic N) is 2. The lowest BCUT2D eigenvalue weighted by Crippen LogP contribution is -2.00. The van der Waals surface area contributed by atoms with Crippen LogP contribution in [-0.4, -0.2) is 12.1 Å². The van der Waals surface area contributed by atoms with E-state index in [1.165, 1.54) is 7.11 Å². The van der Waals surface area contributed by atoms with E-state index in [-0.39, 0.29) is 0 Å². The highest BCUT2D eigenvalue weighted by Crippen LogP contribution is 2.22. The number of pyridine rings is 1. The number of nitrogen functional groups attached to an aromatic ring is 1. The molecule has 0 radical (unpaired) electrons. The highest BCUT2D eigenvalue weighted by molar-refractivity contribution is 5.46. The van der Waals surface area contributed by atoms with Crippen molar-refractivity contribution in [2.75, 3.05) is 12.8 Å². The highest BCUT2D eigenvalue weighted by atomic mass is 16.5. The molecular weight excluding hydrogens is 242 g/mol. The molecule has 2 rings (SSSR count). The Balaban J connectivity index is 2.13. The van der Waals surface area contributed by atoms with Crippen molar-refractivity contribution in [3.63, 3.8) is 0 Å². The molecule has 5 nitrogen and oxygen atoms in total. The molecular formula is C14H13N3O2. The number of rotatable bonds is 4. The summed E-state index contributed by atoms with van der Waals surface area (Å²) in [4.78, 5) is 3.93. The van der Waals surface area contributed by atoms with E-state index in [1.54, 1.807) is 30.5 Å². The average Bonchev–Trinajstić information content (AvgIpc) is 2.46. The fourth-order valence-electron chi connectivity index (χ4n) is 1.62. The highest BCUT2D eigenvalue weighted by Gasteiger charge is 2.05. The lowest BCUT2D eigenvalue weighted by Gasteiger charge is -2.09. The Kier molecular flexibility index (Phi) is 3.84. The molecule has 0 unspecified atom stereocenters. The molecule has 5 heteroatoms. The maximum atomic E-state index is 9.00. The van der Waals surface area contributed by atoms with Crippen molar-refractivity contribution in [2.24, 2.45) is 0 Å². The first kappa shape index (κ1) is 12.7. The second-order valence-corrected chi connectivity index (χ2v) is 3.82. The van der Waals surface area contributed by atoms with Gasteiger partial charge in [-0.15, -0.1) is 0 Å². The Bertz CT molecular complexity index is 620. The van der Waals surface area contributed by atoms with Crippen LogP contribution >= 0.6 is 0 Å². The first-order chi connectivity index (χ1) is 9.24. The molecule has 96 valence electrons. The van der Waals surface area contributed by atoms with E-state index in [2.05, 4.69) is 11.1 Å². The number of ether oxygens (including phenoxy) is 2. The summed E-state index contributed by atoms with van der Waals surface area (Å²) in [6.07, 6.45) is 1.60. The second kappa shape index (κ2) is 5.74. The maximum absolute atomic E-state index is 9.00. The zero-order valence-corrected chi connectivity index (χ0v) is 10.5. The van der Waals surface area contributed by atoms with Crippen LogP contribution in [0.25, 0.3) is 0 Å². The number of aromatic nitrogens is 1. The fraction of sp³-hybridized carbons (Fsp3) is 0.143. The molecule has 19 heavy (non-hydrogen) atoms. The predicted molar refractivity (Wildman–Crippen MR) is 70.7 cm³/mol. The largest absolute Gasteiger partial charge is 0.495 e. The van der Waals surface area contributed by atoms with Crippen molar-refractivity contribution in [1.29, 1.82) is 5.26 Å². The third-order valence-corrected chi connectivity index (χ3v) is 2.58. The van der Waals surface area contributed by atoms with E-state index >= 15 is 0 Å². The van der Waals surface area contributed by atoms with Gasteiger partial charge in [-0.3, -0.25) is 0 Å². The molecule has 0 aliphatic carbocycles. The Hall–Kier alpha value is -2.74. The minimum Gasteiger partial charge on any atom is -0.495 e. The molecule has 1 aromatic heterocycles. The van der Waals surface area contributed by atoms with Gasteiger partial charge in [0.15, 0.2) is 11.6 Å². The Morgan fingerprint density at radius 1 is 1.32 bits per heavy atom. The van der Waals surface area contributed by atoms with Gasteiger partial charge in [0, 0.05) is 6.20 Å². The van der Waals surface area contributed by atoms with Crippen LogP contribution in [0.1, 0.15) is 11.1 Å². The molecule has 1 heterocycles. The number of benzene rings is 1. The Morgan fingerprint density at radius 3 is 2.84 bits per heavy atom. The van der Waals surface area contributed by atoms with E-state index in [0.717, 1.165) is 5.56 Å². The van der Waals surface area contributed by atoms with E-state index in [9.17, 15) is 0 Å². The van der Waals surface area contributed by atoms with Crippen LogP contribution in [0.2, 0.25) is 0 Å². The topological polar surface area (TPSA) is 81.2 Å². The summed E-state index contributed by atoms with van der Waals surface area (Å²) >= 11 is 0. The summed E-state index contributed by atoms with van der Waals surface area (Å²) in [6, 6.07) is 10.9. The van der Waals surface area contributed by atoms with Gasteiger partial charge in [-0.05, 0) is 29.8 Å². The molecule has 0 aliphatic rings. The van der Waals surface area contributed by atoms with E-state index in [1.807, 2.05) is 6.07 Å². The van der Waals surface area contributed by atoms with Gasteiger partial charge in [0.05, 0.1) is 12.7 Å². The van der Waals surface area contributed by atoms with Gasteiger partial charge in [0.2, 0.25) is 0 Å². The SMILES string of the molecule is COc1ccc(COc2cccnc2N)cc1C#N. The number of anilines is 1. The van der Waals surface area contributed by atoms with Crippen molar-refractivity contribution in [2.45, 2.75) is 6.61 Å². The quantitative estimate of drug-likeness (QED) is 0.905. The third kappa shape index (κ3) is 2.93. The molecule has 0 spiro atoms. The molecule has 0 aliphatic heterocycles. The molecule has 0 saturated heterocycles. The molecule has 0 fully saturated rings. The molecule has 0 amide bonds. The summed E-state index contributed by atoms with van der Waals surface area (Å²) < 4.78 is 10.6. The first-order valence-corrected chi connectivity index (χ1v) is 5.65. The van der Waals surface area contributed by atoms with Crippen molar-refractivity contribution in [3.8, 4) is 17.6 Å². The monoisotopic (exact) mass is 255 g/mol. The molecule has 0 saturated carbocycles. The number of hydrogen-bond donors (Lipinski definition) is 1. The number of nitrogens with two attached hydrogens (primary N) is 1. The number of hydrogen-bond acceptors (Lipinski definition) is 5. The van der Waals surface area contributed by atoms with Crippen molar-refractivity contribution in [3.05, 3.63) is 47.7 Å². The summed E-state index contributed by atoms with van der Waals surface area (Å²) in [5, 5.41) is 9.00. The standard InChI is InChI=1S/C14H13N3O2/c1-18-12-5-4-10(7-11(12)8-15)9-19-13-3-2-6-17-14(13)16/h2-7H,9H2,1H3,(H2,16,17). The average molecular weight is 255 g/mol. The molecule has 2 N–H and O–H groups in total. The van der Waals surface area contributed by atoms with Crippen molar-refractivity contribution < 1.29 is 9.47 Å². The number of methoxy groups -OCH3 is 1. The van der Waals surface area contributed by atoms with Gasteiger partial charge < -0.3 is 15.2 Å². The summed E-state index contributed by atoms with van der Waals surface area (Å²) in [6.45, 7) is 0.314. The minimum absolute atomic E-state index is 0.314. The Morgan fingerprint density at radius 2 is 2.16 bits per heavy atom. The van der Waals surface area contributed by atoms with Crippen LogP contribution in [0.4, 0.5) is 5.82 Å². The van der Waals surface area contributed by atoms with E-state index < -0.39 is 0 Å². The second-order valence-electron chi connectivity index (χ2n) is 3.82. The smallest absolute Gasteiger partial charge is 0.166 e. The van der Waals surface area contributed by atoms with Crippen LogP contribution in [0.5, 0.6) is 11.5 Å². The van der Waals surface area contributed by atoms with Crippen LogP contribution < -0.4 is 15.2 Å². The van der Waals surface area contributed by atoms with Gasteiger partial charge in [-0.25, -0.2) is 4.98 Å². The van der Waals surface area contributed by atoms with Gasteiger partial charge in [0.25, 0.3) is 0 Å². The maximum Gasteiger partial charge on any atom is 0.166 e. The molecule has 1 aromatic carbocycles. The predicted octanol–water partition coefficient (Wildman–Crippen LogP) is 2.12. The lowest BCUT2D eigenvalue weighted by molar-refractivity contribution is 0.306.